The lowest BCUT2D eigenvalue weighted by molar-refractivity contribution is 0.548. The van der Waals surface area contributed by atoms with Crippen molar-refractivity contribution in [1.29, 1.82) is 0 Å². The molecule has 4 heteroatoms. The second-order valence-corrected chi connectivity index (χ2v) is 5.31. The molecular weight excluding hydrogens is 275 g/mol. The molecule has 1 atom stereocenters. The highest BCUT2D eigenvalue weighted by Crippen LogP contribution is 2.35. The molecule has 3 rings (SSSR count). The molecule has 110 valence electrons. The summed E-state index contributed by atoms with van der Waals surface area (Å²) in [4.78, 5) is 0. The van der Waals surface area contributed by atoms with Gasteiger partial charge >= 0.3 is 0 Å². The van der Waals surface area contributed by atoms with Crippen LogP contribution in [-0.2, 0) is 6.42 Å². The zero-order valence-corrected chi connectivity index (χ0v) is 11.7. The molecule has 0 aliphatic heterocycles. The molecule has 0 spiro atoms. The van der Waals surface area contributed by atoms with Crippen molar-refractivity contribution in [3.63, 3.8) is 0 Å². The Bertz CT molecular complexity index is 659. The number of halogens is 3. The third-order valence-electron chi connectivity index (χ3n) is 3.97. The molecule has 1 aliphatic rings. The monoisotopic (exact) mass is 291 g/mol. The zero-order valence-electron chi connectivity index (χ0n) is 11.7. The van der Waals surface area contributed by atoms with Gasteiger partial charge in [0.05, 0.1) is 5.56 Å². The Hall–Kier alpha value is -1.81. The quantitative estimate of drug-likeness (QED) is 0.885. The maximum absolute atomic E-state index is 13.9. The van der Waals surface area contributed by atoms with Gasteiger partial charge in [0.15, 0.2) is 0 Å². The van der Waals surface area contributed by atoms with Crippen molar-refractivity contribution >= 4 is 0 Å². The van der Waals surface area contributed by atoms with Gasteiger partial charge in [0, 0.05) is 18.2 Å². The van der Waals surface area contributed by atoms with Crippen LogP contribution in [0.15, 0.2) is 30.3 Å². The van der Waals surface area contributed by atoms with Crippen LogP contribution >= 0.6 is 0 Å². The minimum atomic E-state index is -0.901. The van der Waals surface area contributed by atoms with Crippen LogP contribution in [0.4, 0.5) is 13.2 Å². The van der Waals surface area contributed by atoms with E-state index in [9.17, 15) is 13.2 Å². The molecule has 2 aromatic rings. The first-order chi connectivity index (χ1) is 10.1. The normalized spacial score (nSPS) is 17.0. The summed E-state index contributed by atoms with van der Waals surface area (Å²) in [7, 11) is 0. The van der Waals surface area contributed by atoms with E-state index in [1.165, 1.54) is 5.56 Å². The van der Waals surface area contributed by atoms with Crippen molar-refractivity contribution < 1.29 is 13.2 Å². The summed E-state index contributed by atoms with van der Waals surface area (Å²) in [6.07, 6.45) is 1.87. The van der Waals surface area contributed by atoms with E-state index in [1.54, 1.807) is 6.07 Å². The van der Waals surface area contributed by atoms with Crippen molar-refractivity contribution in [1.82, 2.24) is 5.32 Å². The van der Waals surface area contributed by atoms with Gasteiger partial charge in [0.2, 0.25) is 0 Å². The largest absolute Gasteiger partial charge is 0.310 e. The van der Waals surface area contributed by atoms with Crippen LogP contribution in [0.3, 0.4) is 0 Å². The molecule has 0 aromatic heterocycles. The average Bonchev–Trinajstić information content (AvgIpc) is 2.81. The zero-order chi connectivity index (χ0) is 15.0. The van der Waals surface area contributed by atoms with Gasteiger partial charge in [0.1, 0.15) is 17.5 Å². The molecule has 0 radical (unpaired) electrons. The summed E-state index contributed by atoms with van der Waals surface area (Å²) in [5.74, 6) is -2.63. The molecule has 0 heterocycles. The summed E-state index contributed by atoms with van der Waals surface area (Å²) in [6, 6.07) is 7.16. The molecule has 2 aromatic carbocycles. The Morgan fingerprint density at radius 1 is 1.10 bits per heavy atom. The van der Waals surface area contributed by atoms with Crippen LogP contribution in [0, 0.1) is 17.5 Å². The second kappa shape index (κ2) is 5.53. The summed E-state index contributed by atoms with van der Waals surface area (Å²) >= 11 is 0. The maximum atomic E-state index is 13.9. The predicted molar refractivity (Wildman–Crippen MR) is 76.5 cm³/mol. The van der Waals surface area contributed by atoms with Crippen LogP contribution in [0.1, 0.15) is 30.5 Å². The predicted octanol–water partition coefficient (Wildman–Crippen LogP) is 4.37. The highest BCUT2D eigenvalue weighted by molar-refractivity contribution is 5.67. The fourth-order valence-electron chi connectivity index (χ4n) is 3.05. The molecule has 1 aliphatic carbocycles. The molecule has 1 unspecified atom stereocenters. The lowest BCUT2D eigenvalue weighted by Crippen LogP contribution is -2.18. The topological polar surface area (TPSA) is 12.0 Å². The van der Waals surface area contributed by atoms with E-state index in [2.05, 4.69) is 12.2 Å². The van der Waals surface area contributed by atoms with Gasteiger partial charge in [-0.15, -0.1) is 0 Å². The van der Waals surface area contributed by atoms with Crippen molar-refractivity contribution in [2.75, 3.05) is 6.54 Å². The number of rotatable bonds is 3. The molecule has 0 amide bonds. The Kier molecular flexibility index (Phi) is 3.72. The number of nitrogens with one attached hydrogen (secondary N) is 1. The van der Waals surface area contributed by atoms with Crippen molar-refractivity contribution in [3.8, 4) is 11.1 Å². The highest BCUT2D eigenvalue weighted by Gasteiger charge is 2.23. The lowest BCUT2D eigenvalue weighted by atomic mass is 9.99. The number of benzene rings is 2. The Morgan fingerprint density at radius 3 is 2.48 bits per heavy atom. The Labute approximate surface area is 121 Å². The first kappa shape index (κ1) is 14.1. The van der Waals surface area contributed by atoms with Gasteiger partial charge in [-0.2, -0.15) is 0 Å². The minimum absolute atomic E-state index is 0.161. The van der Waals surface area contributed by atoms with E-state index in [1.807, 2.05) is 12.1 Å². The number of aryl methyl sites for hydroxylation is 1. The molecule has 1 N–H and O–H groups in total. The minimum Gasteiger partial charge on any atom is -0.310 e. The molecule has 0 fully saturated rings. The SMILES string of the molecule is CCNC1CCc2cc(-c3c(F)cc(F)cc3F)ccc21. The van der Waals surface area contributed by atoms with Gasteiger partial charge < -0.3 is 5.32 Å². The summed E-state index contributed by atoms with van der Waals surface area (Å²) in [5, 5.41) is 3.39. The van der Waals surface area contributed by atoms with Gasteiger partial charge in [-0.3, -0.25) is 0 Å². The summed E-state index contributed by atoms with van der Waals surface area (Å²) in [6.45, 7) is 2.93. The van der Waals surface area contributed by atoms with Crippen molar-refractivity contribution in [2.45, 2.75) is 25.8 Å². The fraction of sp³-hybridized carbons (Fsp3) is 0.294. The van der Waals surface area contributed by atoms with Crippen LogP contribution in [0.2, 0.25) is 0 Å². The number of hydrogen-bond acceptors (Lipinski definition) is 1. The van der Waals surface area contributed by atoms with Crippen molar-refractivity contribution in [2.24, 2.45) is 0 Å². The molecule has 0 saturated heterocycles. The van der Waals surface area contributed by atoms with Gasteiger partial charge in [-0.25, -0.2) is 13.2 Å². The lowest BCUT2D eigenvalue weighted by Gasteiger charge is -2.13. The Balaban J connectivity index is 2.03. The van der Waals surface area contributed by atoms with E-state index in [-0.39, 0.29) is 5.56 Å². The highest BCUT2D eigenvalue weighted by atomic mass is 19.1. The van der Waals surface area contributed by atoms with E-state index in [4.69, 9.17) is 0 Å². The molecule has 1 nitrogen and oxygen atoms in total. The van der Waals surface area contributed by atoms with Crippen LogP contribution in [0.5, 0.6) is 0 Å². The third-order valence-corrected chi connectivity index (χ3v) is 3.97. The van der Waals surface area contributed by atoms with Crippen molar-refractivity contribution in [3.05, 3.63) is 58.9 Å². The van der Waals surface area contributed by atoms with Gasteiger partial charge in [-0.1, -0.05) is 25.1 Å². The second-order valence-electron chi connectivity index (χ2n) is 5.31. The van der Waals surface area contributed by atoms with E-state index in [0.29, 0.717) is 23.7 Å². The van der Waals surface area contributed by atoms with Crippen LogP contribution in [0.25, 0.3) is 11.1 Å². The smallest absolute Gasteiger partial charge is 0.136 e. The van der Waals surface area contributed by atoms with Crippen LogP contribution < -0.4 is 5.32 Å². The average molecular weight is 291 g/mol. The first-order valence-corrected chi connectivity index (χ1v) is 7.11. The third kappa shape index (κ3) is 2.56. The first-order valence-electron chi connectivity index (χ1n) is 7.11. The molecule has 0 bridgehead atoms. The van der Waals surface area contributed by atoms with E-state index >= 15 is 0 Å². The van der Waals surface area contributed by atoms with Gasteiger partial charge in [-0.05, 0) is 36.1 Å². The standard InChI is InChI=1S/C17H16F3N/c1-2-21-16-6-4-10-7-11(3-5-13(10)16)17-14(19)8-12(18)9-15(17)20/h3,5,7-9,16,21H,2,4,6H2,1H3. The molecule has 21 heavy (non-hydrogen) atoms. The van der Waals surface area contributed by atoms with Gasteiger partial charge in [0.25, 0.3) is 0 Å². The number of fused-ring (bicyclic) bond motifs is 1. The maximum Gasteiger partial charge on any atom is 0.136 e. The summed E-state index contributed by atoms with van der Waals surface area (Å²) < 4.78 is 40.7. The van der Waals surface area contributed by atoms with E-state index < -0.39 is 17.5 Å². The molecule has 0 saturated carbocycles. The van der Waals surface area contributed by atoms with Crippen LogP contribution in [-0.4, -0.2) is 6.54 Å². The molecular formula is C17H16F3N. The Morgan fingerprint density at radius 2 is 1.81 bits per heavy atom. The summed E-state index contributed by atoms with van der Waals surface area (Å²) in [5.41, 5.74) is 2.58. The fourth-order valence-corrected chi connectivity index (χ4v) is 3.05. The number of hydrogen-bond donors (Lipinski definition) is 1. The van der Waals surface area contributed by atoms with E-state index in [0.717, 1.165) is 24.9 Å².